The number of ether oxygens (including phenoxy) is 1. The molecule has 12 heavy (non-hydrogen) atoms. The minimum absolute atomic E-state index is 0.229. The molecule has 1 rings (SSSR count). The molecule has 4 nitrogen and oxygen atoms in total. The maximum Gasteiger partial charge on any atom is 0.124 e. The third kappa shape index (κ3) is 3.50. The molecule has 0 fully saturated rings. The normalized spacial score (nSPS) is 10.4. The van der Waals surface area contributed by atoms with Crippen LogP contribution in [0.25, 0.3) is 0 Å². The molecule has 0 spiro atoms. The van der Waals surface area contributed by atoms with Crippen LogP contribution in [0.5, 0.6) is 0 Å². The first-order valence-electron chi connectivity index (χ1n) is 4.01. The first kappa shape index (κ1) is 9.22. The molecule has 0 aromatic carbocycles. The number of hydrogen-bond acceptors (Lipinski definition) is 4. The summed E-state index contributed by atoms with van der Waals surface area (Å²) in [6.45, 7) is 1.38. The lowest BCUT2D eigenvalue weighted by molar-refractivity contribution is 0.108. The van der Waals surface area contributed by atoms with Crippen molar-refractivity contribution in [1.82, 2.24) is 5.16 Å². The van der Waals surface area contributed by atoms with Gasteiger partial charge in [0.2, 0.25) is 0 Å². The molecule has 1 aromatic heterocycles. The summed E-state index contributed by atoms with van der Waals surface area (Å²) >= 11 is 0. The molecule has 1 aromatic rings. The lowest BCUT2D eigenvalue weighted by atomic mass is 10.3. The average Bonchev–Trinajstić information content (AvgIpc) is 2.57. The zero-order valence-corrected chi connectivity index (χ0v) is 6.90. The molecule has 0 aliphatic carbocycles. The standard InChI is InChI=1S/C8H13NO3/c10-4-1-2-5-11-7-8-3-6-12-9-8/h3,6,10H,1-2,4-5,7H2. The summed E-state index contributed by atoms with van der Waals surface area (Å²) in [5, 5.41) is 12.2. The van der Waals surface area contributed by atoms with E-state index in [1.165, 1.54) is 6.26 Å². The van der Waals surface area contributed by atoms with Gasteiger partial charge < -0.3 is 14.4 Å². The molecule has 0 atom stereocenters. The number of rotatable bonds is 6. The van der Waals surface area contributed by atoms with Crippen LogP contribution in [0.1, 0.15) is 18.5 Å². The van der Waals surface area contributed by atoms with Crippen LogP contribution in [0.2, 0.25) is 0 Å². The number of aliphatic hydroxyl groups excluding tert-OH is 1. The Morgan fingerprint density at radius 3 is 3.08 bits per heavy atom. The predicted octanol–water partition coefficient (Wildman–Crippen LogP) is 0.964. The highest BCUT2D eigenvalue weighted by Gasteiger charge is 1.95. The molecule has 0 aliphatic heterocycles. The highest BCUT2D eigenvalue weighted by molar-refractivity contribution is 4.92. The summed E-state index contributed by atoms with van der Waals surface area (Å²) in [6.07, 6.45) is 3.19. The van der Waals surface area contributed by atoms with E-state index in [0.29, 0.717) is 13.2 Å². The molecule has 4 heteroatoms. The maximum absolute atomic E-state index is 8.47. The van der Waals surface area contributed by atoms with Crippen molar-refractivity contribution in [3.63, 3.8) is 0 Å². The van der Waals surface area contributed by atoms with E-state index in [9.17, 15) is 0 Å². The van der Waals surface area contributed by atoms with Crippen molar-refractivity contribution in [1.29, 1.82) is 0 Å². The lowest BCUT2D eigenvalue weighted by Crippen LogP contribution is -1.96. The highest BCUT2D eigenvalue weighted by Crippen LogP contribution is 1.98. The summed E-state index contributed by atoms with van der Waals surface area (Å²) in [5.41, 5.74) is 0.805. The number of aliphatic hydroxyl groups is 1. The SMILES string of the molecule is OCCCCOCc1ccon1. The van der Waals surface area contributed by atoms with Crippen LogP contribution < -0.4 is 0 Å². The third-order valence-corrected chi connectivity index (χ3v) is 1.44. The van der Waals surface area contributed by atoms with E-state index >= 15 is 0 Å². The van der Waals surface area contributed by atoms with Crippen LogP contribution in [0.15, 0.2) is 16.9 Å². The predicted molar refractivity (Wildman–Crippen MR) is 42.5 cm³/mol. The second-order valence-electron chi connectivity index (χ2n) is 2.47. The minimum atomic E-state index is 0.229. The van der Waals surface area contributed by atoms with E-state index < -0.39 is 0 Å². The molecule has 68 valence electrons. The second-order valence-corrected chi connectivity index (χ2v) is 2.47. The number of hydrogen-bond donors (Lipinski definition) is 1. The first-order chi connectivity index (χ1) is 5.93. The molecule has 0 amide bonds. The average molecular weight is 171 g/mol. The van der Waals surface area contributed by atoms with Crippen LogP contribution in [0.3, 0.4) is 0 Å². The van der Waals surface area contributed by atoms with Gasteiger partial charge >= 0.3 is 0 Å². The molecule has 0 unspecified atom stereocenters. The fourth-order valence-corrected chi connectivity index (χ4v) is 0.805. The van der Waals surface area contributed by atoms with Gasteiger partial charge in [-0.05, 0) is 12.8 Å². The minimum Gasteiger partial charge on any atom is -0.396 e. The molecular weight excluding hydrogens is 158 g/mol. The topological polar surface area (TPSA) is 55.5 Å². The van der Waals surface area contributed by atoms with Gasteiger partial charge in [0.05, 0.1) is 6.61 Å². The number of nitrogens with zero attached hydrogens (tertiary/aromatic N) is 1. The molecule has 0 radical (unpaired) electrons. The second kappa shape index (κ2) is 5.74. The largest absolute Gasteiger partial charge is 0.396 e. The first-order valence-corrected chi connectivity index (χ1v) is 4.01. The van der Waals surface area contributed by atoms with E-state index in [0.717, 1.165) is 18.5 Å². The van der Waals surface area contributed by atoms with Crippen LogP contribution in [0, 0.1) is 0 Å². The van der Waals surface area contributed by atoms with Gasteiger partial charge in [0.15, 0.2) is 0 Å². The Bertz CT molecular complexity index is 186. The Kier molecular flexibility index (Phi) is 4.41. The van der Waals surface area contributed by atoms with Crippen LogP contribution >= 0.6 is 0 Å². The summed E-state index contributed by atoms with van der Waals surface area (Å²) < 4.78 is 9.87. The summed E-state index contributed by atoms with van der Waals surface area (Å²) in [5.74, 6) is 0. The van der Waals surface area contributed by atoms with Crippen molar-refractivity contribution < 1.29 is 14.4 Å². The van der Waals surface area contributed by atoms with Gasteiger partial charge in [-0.1, -0.05) is 5.16 Å². The Labute approximate surface area is 71.1 Å². The van der Waals surface area contributed by atoms with Crippen molar-refractivity contribution in [3.05, 3.63) is 18.0 Å². The third-order valence-electron chi connectivity index (χ3n) is 1.44. The van der Waals surface area contributed by atoms with E-state index in [2.05, 4.69) is 9.68 Å². The van der Waals surface area contributed by atoms with Crippen LogP contribution in [0.4, 0.5) is 0 Å². The van der Waals surface area contributed by atoms with Crippen molar-refractivity contribution in [2.75, 3.05) is 13.2 Å². The molecule has 0 bridgehead atoms. The van der Waals surface area contributed by atoms with Gasteiger partial charge in [-0.25, -0.2) is 0 Å². The van der Waals surface area contributed by atoms with Crippen molar-refractivity contribution >= 4 is 0 Å². The fourth-order valence-electron chi connectivity index (χ4n) is 0.805. The molecular formula is C8H13NO3. The summed E-state index contributed by atoms with van der Waals surface area (Å²) in [6, 6.07) is 1.77. The zero-order valence-electron chi connectivity index (χ0n) is 6.90. The van der Waals surface area contributed by atoms with E-state index in [4.69, 9.17) is 9.84 Å². The quantitative estimate of drug-likeness (QED) is 0.648. The monoisotopic (exact) mass is 171 g/mol. The van der Waals surface area contributed by atoms with E-state index in [-0.39, 0.29) is 6.61 Å². The summed E-state index contributed by atoms with van der Waals surface area (Å²) in [7, 11) is 0. The summed E-state index contributed by atoms with van der Waals surface area (Å²) in [4.78, 5) is 0. The Morgan fingerprint density at radius 2 is 2.42 bits per heavy atom. The van der Waals surface area contributed by atoms with Gasteiger partial charge in [0, 0.05) is 19.3 Å². The van der Waals surface area contributed by atoms with Crippen molar-refractivity contribution in [3.8, 4) is 0 Å². The highest BCUT2D eigenvalue weighted by atomic mass is 16.5. The Hall–Kier alpha value is -0.870. The molecule has 1 heterocycles. The van der Waals surface area contributed by atoms with Crippen LogP contribution in [-0.2, 0) is 11.3 Å². The van der Waals surface area contributed by atoms with E-state index in [1.807, 2.05) is 0 Å². The number of aromatic nitrogens is 1. The molecule has 0 aliphatic rings. The lowest BCUT2D eigenvalue weighted by Gasteiger charge is -1.99. The molecule has 0 saturated carbocycles. The molecule has 1 N–H and O–H groups in total. The smallest absolute Gasteiger partial charge is 0.124 e. The van der Waals surface area contributed by atoms with Gasteiger partial charge in [-0.15, -0.1) is 0 Å². The fraction of sp³-hybridized carbons (Fsp3) is 0.625. The molecule has 0 saturated heterocycles. The zero-order chi connectivity index (χ0) is 8.65. The van der Waals surface area contributed by atoms with Gasteiger partial charge in [-0.2, -0.15) is 0 Å². The van der Waals surface area contributed by atoms with Gasteiger partial charge in [-0.3, -0.25) is 0 Å². The van der Waals surface area contributed by atoms with Gasteiger partial charge in [0.1, 0.15) is 12.0 Å². The Balaban J connectivity index is 1.96. The van der Waals surface area contributed by atoms with Gasteiger partial charge in [0.25, 0.3) is 0 Å². The van der Waals surface area contributed by atoms with Crippen molar-refractivity contribution in [2.45, 2.75) is 19.4 Å². The Morgan fingerprint density at radius 1 is 1.50 bits per heavy atom. The number of unbranched alkanes of at least 4 members (excludes halogenated alkanes) is 1. The van der Waals surface area contributed by atoms with Crippen molar-refractivity contribution in [2.24, 2.45) is 0 Å². The van der Waals surface area contributed by atoms with E-state index in [1.54, 1.807) is 6.07 Å². The maximum atomic E-state index is 8.47. The van der Waals surface area contributed by atoms with Crippen LogP contribution in [-0.4, -0.2) is 23.5 Å².